The molecule has 1 aromatic heterocycles. The average molecular weight is 284 g/mol. The van der Waals surface area contributed by atoms with E-state index in [2.05, 4.69) is 4.98 Å². The van der Waals surface area contributed by atoms with Gasteiger partial charge in [-0.25, -0.2) is 13.6 Å². The standard InChI is InChI=1S/C14H18F2N2O2/c1-13(2,3)18-7-10(14(16,8-18)12(19)20)11-5-4-9(15)6-17-11/h4-6,10H,7-8H2,1-3H3,(H,19,20)/t10-,14-/m0/s1. The summed E-state index contributed by atoms with van der Waals surface area (Å²) in [5, 5.41) is 9.24. The monoisotopic (exact) mass is 284 g/mol. The zero-order valence-electron chi connectivity index (χ0n) is 11.7. The maximum atomic E-state index is 14.9. The Labute approximate surface area is 116 Å². The summed E-state index contributed by atoms with van der Waals surface area (Å²) in [7, 11) is 0. The number of aromatic nitrogens is 1. The molecule has 2 heterocycles. The van der Waals surface area contributed by atoms with Crippen molar-refractivity contribution in [1.29, 1.82) is 0 Å². The quantitative estimate of drug-likeness (QED) is 0.904. The Morgan fingerprint density at radius 1 is 1.50 bits per heavy atom. The third kappa shape index (κ3) is 2.52. The average Bonchev–Trinajstić information content (AvgIpc) is 2.70. The van der Waals surface area contributed by atoms with Gasteiger partial charge in [0.1, 0.15) is 5.82 Å². The van der Waals surface area contributed by atoms with E-state index in [-0.39, 0.29) is 24.3 Å². The second-order valence-corrected chi connectivity index (χ2v) is 6.17. The smallest absolute Gasteiger partial charge is 0.343 e. The van der Waals surface area contributed by atoms with E-state index in [1.165, 1.54) is 12.1 Å². The SMILES string of the molecule is CC(C)(C)N1C[C@@H](c2ccc(F)cn2)[C@](F)(C(=O)O)C1. The number of alkyl halides is 1. The summed E-state index contributed by atoms with van der Waals surface area (Å²) >= 11 is 0. The topological polar surface area (TPSA) is 53.4 Å². The Morgan fingerprint density at radius 3 is 2.60 bits per heavy atom. The van der Waals surface area contributed by atoms with Gasteiger partial charge in [-0.1, -0.05) is 0 Å². The third-order valence-corrected chi connectivity index (χ3v) is 3.79. The molecule has 2 rings (SSSR count). The van der Waals surface area contributed by atoms with Gasteiger partial charge in [0.05, 0.1) is 12.1 Å². The van der Waals surface area contributed by atoms with Crippen molar-refractivity contribution in [3.05, 3.63) is 29.8 Å². The van der Waals surface area contributed by atoms with Crippen LogP contribution in [0.4, 0.5) is 8.78 Å². The predicted molar refractivity (Wildman–Crippen MR) is 69.7 cm³/mol. The van der Waals surface area contributed by atoms with E-state index in [9.17, 15) is 18.7 Å². The summed E-state index contributed by atoms with van der Waals surface area (Å²) in [6, 6.07) is 2.52. The molecule has 1 saturated heterocycles. The van der Waals surface area contributed by atoms with Crippen molar-refractivity contribution < 1.29 is 18.7 Å². The third-order valence-electron chi connectivity index (χ3n) is 3.79. The molecule has 0 amide bonds. The van der Waals surface area contributed by atoms with Crippen molar-refractivity contribution in [1.82, 2.24) is 9.88 Å². The molecule has 4 nitrogen and oxygen atoms in total. The molecule has 0 aromatic carbocycles. The second-order valence-electron chi connectivity index (χ2n) is 6.17. The first kappa shape index (κ1) is 14.8. The van der Waals surface area contributed by atoms with Crippen LogP contribution < -0.4 is 0 Å². The summed E-state index contributed by atoms with van der Waals surface area (Å²) in [5.74, 6) is -2.93. The molecule has 0 spiro atoms. The minimum Gasteiger partial charge on any atom is -0.479 e. The zero-order valence-corrected chi connectivity index (χ0v) is 11.7. The maximum Gasteiger partial charge on any atom is 0.343 e. The highest BCUT2D eigenvalue weighted by atomic mass is 19.1. The molecule has 1 fully saturated rings. The Balaban J connectivity index is 2.38. The van der Waals surface area contributed by atoms with Crippen LogP contribution in [0, 0.1) is 5.82 Å². The van der Waals surface area contributed by atoms with Crippen molar-refractivity contribution in [2.24, 2.45) is 0 Å². The van der Waals surface area contributed by atoms with E-state index in [0.717, 1.165) is 6.20 Å². The highest BCUT2D eigenvalue weighted by Crippen LogP contribution is 2.41. The highest BCUT2D eigenvalue weighted by molar-refractivity contribution is 5.80. The highest BCUT2D eigenvalue weighted by Gasteiger charge is 2.56. The molecule has 0 aliphatic carbocycles. The van der Waals surface area contributed by atoms with Crippen LogP contribution in [0.25, 0.3) is 0 Å². The van der Waals surface area contributed by atoms with Crippen molar-refractivity contribution in [2.75, 3.05) is 13.1 Å². The summed E-state index contributed by atoms with van der Waals surface area (Å²) in [6.07, 6.45) is 0.983. The molecular formula is C14H18F2N2O2. The lowest BCUT2D eigenvalue weighted by atomic mass is 9.89. The largest absolute Gasteiger partial charge is 0.479 e. The van der Waals surface area contributed by atoms with E-state index in [4.69, 9.17) is 0 Å². The molecule has 1 aliphatic rings. The van der Waals surface area contributed by atoms with Gasteiger partial charge in [-0.2, -0.15) is 0 Å². The predicted octanol–water partition coefficient (Wildman–Crippen LogP) is 2.21. The molecule has 110 valence electrons. The molecule has 1 aromatic rings. The number of halogens is 2. The number of nitrogens with zero attached hydrogens (tertiary/aromatic N) is 2. The number of rotatable bonds is 2. The van der Waals surface area contributed by atoms with Gasteiger partial charge in [-0.15, -0.1) is 0 Å². The molecule has 0 saturated carbocycles. The first-order valence-corrected chi connectivity index (χ1v) is 6.43. The van der Waals surface area contributed by atoms with Crippen molar-refractivity contribution in [2.45, 2.75) is 37.9 Å². The lowest BCUT2D eigenvalue weighted by molar-refractivity contribution is -0.151. The number of likely N-dealkylation sites (tertiary alicyclic amines) is 1. The van der Waals surface area contributed by atoms with Crippen LogP contribution in [0.5, 0.6) is 0 Å². The van der Waals surface area contributed by atoms with Gasteiger partial charge in [0.2, 0.25) is 5.67 Å². The van der Waals surface area contributed by atoms with Crippen LogP contribution in [0.2, 0.25) is 0 Å². The Morgan fingerprint density at radius 2 is 2.15 bits per heavy atom. The fourth-order valence-electron chi connectivity index (χ4n) is 2.47. The van der Waals surface area contributed by atoms with Gasteiger partial charge in [-0.05, 0) is 32.9 Å². The summed E-state index contributed by atoms with van der Waals surface area (Å²) < 4.78 is 27.8. The minimum absolute atomic E-state index is 0.199. The van der Waals surface area contributed by atoms with E-state index >= 15 is 0 Å². The zero-order chi connectivity index (χ0) is 15.1. The Bertz CT molecular complexity index is 513. The van der Waals surface area contributed by atoms with Gasteiger partial charge < -0.3 is 5.11 Å². The maximum absolute atomic E-state index is 14.9. The van der Waals surface area contributed by atoms with Gasteiger partial charge in [-0.3, -0.25) is 9.88 Å². The normalized spacial score (nSPS) is 27.8. The molecular weight excluding hydrogens is 266 g/mol. The minimum atomic E-state index is -2.40. The fraction of sp³-hybridized carbons (Fsp3) is 0.571. The van der Waals surface area contributed by atoms with Crippen LogP contribution in [-0.4, -0.2) is 45.3 Å². The summed E-state index contributed by atoms with van der Waals surface area (Å²) in [4.78, 5) is 17.0. The first-order chi connectivity index (χ1) is 9.14. The van der Waals surface area contributed by atoms with Gasteiger partial charge >= 0.3 is 5.97 Å². The van der Waals surface area contributed by atoms with Gasteiger partial charge in [0, 0.05) is 24.3 Å². The molecule has 6 heteroatoms. The van der Waals surface area contributed by atoms with Crippen molar-refractivity contribution in [3.8, 4) is 0 Å². The van der Waals surface area contributed by atoms with E-state index in [1.54, 1.807) is 4.90 Å². The molecule has 0 radical (unpaired) electrons. The van der Waals surface area contributed by atoms with Crippen LogP contribution in [0.15, 0.2) is 18.3 Å². The lowest BCUT2D eigenvalue weighted by Gasteiger charge is -2.31. The van der Waals surface area contributed by atoms with Crippen LogP contribution in [-0.2, 0) is 4.79 Å². The van der Waals surface area contributed by atoms with Crippen LogP contribution in [0.1, 0.15) is 32.4 Å². The molecule has 2 atom stereocenters. The van der Waals surface area contributed by atoms with E-state index < -0.39 is 23.4 Å². The summed E-state index contributed by atoms with van der Waals surface area (Å²) in [6.45, 7) is 5.74. The fourth-order valence-corrected chi connectivity index (χ4v) is 2.47. The number of carboxylic acids is 1. The van der Waals surface area contributed by atoms with Crippen LogP contribution >= 0.6 is 0 Å². The van der Waals surface area contributed by atoms with Crippen molar-refractivity contribution in [3.63, 3.8) is 0 Å². The van der Waals surface area contributed by atoms with Gasteiger partial charge in [0.15, 0.2) is 0 Å². The van der Waals surface area contributed by atoms with Crippen LogP contribution in [0.3, 0.4) is 0 Å². The lowest BCUT2D eigenvalue weighted by Crippen LogP contribution is -2.45. The molecule has 1 N–H and O–H groups in total. The number of hydrogen-bond acceptors (Lipinski definition) is 3. The molecule has 1 aliphatic heterocycles. The number of carbonyl (C=O) groups is 1. The number of aliphatic carboxylic acids is 1. The number of hydrogen-bond donors (Lipinski definition) is 1. The molecule has 0 bridgehead atoms. The summed E-state index contributed by atoms with van der Waals surface area (Å²) in [5.41, 5.74) is -2.48. The van der Waals surface area contributed by atoms with Crippen molar-refractivity contribution >= 4 is 5.97 Å². The van der Waals surface area contributed by atoms with E-state index in [1.807, 2.05) is 20.8 Å². The number of pyridine rings is 1. The second kappa shape index (κ2) is 4.77. The Kier molecular flexibility index (Phi) is 3.54. The first-order valence-electron chi connectivity index (χ1n) is 6.43. The number of carboxylic acid groups (broad SMARTS) is 1. The molecule has 0 unspecified atom stereocenters. The Hall–Kier alpha value is -1.56. The molecule has 20 heavy (non-hydrogen) atoms. The van der Waals surface area contributed by atoms with E-state index in [0.29, 0.717) is 0 Å². The van der Waals surface area contributed by atoms with Gasteiger partial charge in [0.25, 0.3) is 0 Å².